The quantitative estimate of drug-likeness (QED) is 0.668. The molecular weight excluding hydrogens is 202 g/mol. The highest BCUT2D eigenvalue weighted by molar-refractivity contribution is 7.92. The molecule has 0 bridgehead atoms. The number of nitrogens with one attached hydrogen (secondary N) is 1. The van der Waals surface area contributed by atoms with Gasteiger partial charge in [-0.1, -0.05) is 12.8 Å². The van der Waals surface area contributed by atoms with Gasteiger partial charge in [0.15, 0.2) is 9.84 Å². The summed E-state index contributed by atoms with van der Waals surface area (Å²) in [7, 11) is -2.74. The molecule has 82 valence electrons. The predicted octanol–water partition coefficient (Wildman–Crippen LogP) is -0.324. The number of aliphatic hydroxyl groups is 1. The molecule has 14 heavy (non-hydrogen) atoms. The lowest BCUT2D eigenvalue weighted by molar-refractivity contribution is 0.0865. The molecule has 2 atom stereocenters. The molecule has 1 aliphatic heterocycles. The summed E-state index contributed by atoms with van der Waals surface area (Å²) in [6, 6.07) is 0.196. The molecule has 2 N–H and O–H groups in total. The smallest absolute Gasteiger partial charge is 0.153 e. The summed E-state index contributed by atoms with van der Waals surface area (Å²) in [5.74, 6) is 0.493. The fourth-order valence-electron chi connectivity index (χ4n) is 2.27. The Kier molecular flexibility index (Phi) is 2.81. The van der Waals surface area contributed by atoms with Gasteiger partial charge < -0.3 is 10.4 Å². The maximum absolute atomic E-state index is 10.9. The molecule has 1 saturated carbocycles. The normalized spacial score (nSPS) is 37.8. The third kappa shape index (κ3) is 2.27. The second-order valence-electron chi connectivity index (χ2n) is 4.40. The van der Waals surface area contributed by atoms with Crippen LogP contribution in [0.5, 0.6) is 0 Å². The van der Waals surface area contributed by atoms with Gasteiger partial charge in [-0.25, -0.2) is 8.42 Å². The number of hydrogen-bond donors (Lipinski definition) is 2. The van der Waals surface area contributed by atoms with Gasteiger partial charge in [-0.3, -0.25) is 0 Å². The van der Waals surface area contributed by atoms with Crippen LogP contribution < -0.4 is 5.32 Å². The summed E-state index contributed by atoms with van der Waals surface area (Å²) in [4.78, 5) is 0. The molecule has 2 fully saturated rings. The zero-order valence-corrected chi connectivity index (χ0v) is 8.96. The molecule has 0 unspecified atom stereocenters. The largest absolute Gasteiger partial charge is 0.392 e. The molecule has 0 radical (unpaired) electrons. The third-order valence-corrected chi connectivity index (χ3v) is 4.91. The fourth-order valence-corrected chi connectivity index (χ4v) is 3.59. The van der Waals surface area contributed by atoms with Crippen LogP contribution in [-0.4, -0.2) is 43.2 Å². The fraction of sp³-hybridized carbons (Fsp3) is 1.00. The van der Waals surface area contributed by atoms with Crippen LogP contribution in [0.2, 0.25) is 0 Å². The Hall–Kier alpha value is -0.130. The van der Waals surface area contributed by atoms with Crippen molar-refractivity contribution in [1.29, 1.82) is 0 Å². The van der Waals surface area contributed by atoms with Crippen molar-refractivity contribution in [2.45, 2.75) is 43.9 Å². The lowest BCUT2D eigenvalue weighted by Gasteiger charge is -2.35. The lowest BCUT2D eigenvalue weighted by Crippen LogP contribution is -2.57. The van der Waals surface area contributed by atoms with E-state index in [1.165, 1.54) is 0 Å². The topological polar surface area (TPSA) is 66.4 Å². The molecule has 1 heterocycles. The molecule has 1 saturated heterocycles. The van der Waals surface area contributed by atoms with E-state index >= 15 is 0 Å². The van der Waals surface area contributed by atoms with E-state index in [9.17, 15) is 13.5 Å². The maximum Gasteiger partial charge on any atom is 0.153 e. The molecule has 0 spiro atoms. The van der Waals surface area contributed by atoms with Gasteiger partial charge in [0.25, 0.3) is 0 Å². The van der Waals surface area contributed by atoms with Gasteiger partial charge in [-0.05, 0) is 12.8 Å². The number of sulfone groups is 1. The van der Waals surface area contributed by atoms with Gasteiger partial charge in [0.1, 0.15) is 0 Å². The molecule has 4 nitrogen and oxygen atoms in total. The van der Waals surface area contributed by atoms with Gasteiger partial charge in [0.05, 0.1) is 17.6 Å². The van der Waals surface area contributed by atoms with Crippen molar-refractivity contribution >= 4 is 9.84 Å². The zero-order valence-electron chi connectivity index (χ0n) is 8.15. The molecule has 2 aliphatic rings. The Balaban J connectivity index is 1.80. The van der Waals surface area contributed by atoms with E-state index in [2.05, 4.69) is 5.32 Å². The summed E-state index contributed by atoms with van der Waals surface area (Å²) in [6.45, 7) is 0. The number of hydrogen-bond acceptors (Lipinski definition) is 4. The van der Waals surface area contributed by atoms with Crippen molar-refractivity contribution in [1.82, 2.24) is 5.32 Å². The second-order valence-corrected chi connectivity index (χ2v) is 6.55. The van der Waals surface area contributed by atoms with Crippen LogP contribution in [0.15, 0.2) is 0 Å². The van der Waals surface area contributed by atoms with Gasteiger partial charge in [-0.15, -0.1) is 0 Å². The minimum atomic E-state index is -2.74. The lowest BCUT2D eigenvalue weighted by atomic mass is 9.92. The standard InChI is InChI=1S/C9H17NO3S/c11-9-4-2-1-3-8(9)10-7-5-14(12,13)6-7/h7-11H,1-6H2/t8-,9-/m1/s1. The summed E-state index contributed by atoms with van der Waals surface area (Å²) in [6.07, 6.45) is 3.75. The molecule has 5 heteroatoms. The Bertz CT molecular complexity index is 289. The molecule has 0 aromatic heterocycles. The van der Waals surface area contributed by atoms with Crippen LogP contribution in [0, 0.1) is 0 Å². The van der Waals surface area contributed by atoms with Crippen LogP contribution >= 0.6 is 0 Å². The number of aliphatic hydroxyl groups excluding tert-OH is 1. The van der Waals surface area contributed by atoms with E-state index in [1.807, 2.05) is 0 Å². The SMILES string of the molecule is O=S1(=O)CC(N[C@@H]2CCCC[C@H]2O)C1. The second kappa shape index (κ2) is 3.79. The maximum atomic E-state index is 10.9. The Morgan fingerprint density at radius 2 is 1.79 bits per heavy atom. The van der Waals surface area contributed by atoms with Gasteiger partial charge in [0, 0.05) is 12.1 Å². The van der Waals surface area contributed by atoms with Crippen molar-refractivity contribution in [3.8, 4) is 0 Å². The van der Waals surface area contributed by atoms with Gasteiger partial charge in [-0.2, -0.15) is 0 Å². The van der Waals surface area contributed by atoms with Gasteiger partial charge >= 0.3 is 0 Å². The minimum absolute atomic E-state index is 0.0812. The average Bonchev–Trinajstić information content (AvgIpc) is 2.05. The molecule has 0 aromatic rings. The van der Waals surface area contributed by atoms with E-state index in [-0.39, 0.29) is 29.7 Å². The van der Waals surface area contributed by atoms with Crippen molar-refractivity contribution in [2.24, 2.45) is 0 Å². The van der Waals surface area contributed by atoms with E-state index in [0.717, 1.165) is 25.7 Å². The first-order valence-corrected chi connectivity index (χ1v) is 7.03. The highest BCUT2D eigenvalue weighted by atomic mass is 32.2. The van der Waals surface area contributed by atoms with Crippen LogP contribution in [0.3, 0.4) is 0 Å². The Labute approximate surface area is 84.6 Å². The van der Waals surface area contributed by atoms with Crippen LogP contribution in [-0.2, 0) is 9.84 Å². The van der Waals surface area contributed by atoms with E-state index in [1.54, 1.807) is 0 Å². The molecular formula is C9H17NO3S. The molecule has 0 aromatic carbocycles. The van der Waals surface area contributed by atoms with Crippen LogP contribution in [0.1, 0.15) is 25.7 Å². The first-order chi connectivity index (χ1) is 6.57. The summed E-state index contributed by atoms with van der Waals surface area (Å²) in [5, 5.41) is 12.9. The van der Waals surface area contributed by atoms with Crippen LogP contribution in [0.25, 0.3) is 0 Å². The minimum Gasteiger partial charge on any atom is -0.392 e. The van der Waals surface area contributed by atoms with Crippen molar-refractivity contribution < 1.29 is 13.5 Å². The highest BCUT2D eigenvalue weighted by Crippen LogP contribution is 2.20. The van der Waals surface area contributed by atoms with E-state index in [4.69, 9.17) is 0 Å². The van der Waals surface area contributed by atoms with Crippen LogP contribution in [0.4, 0.5) is 0 Å². The summed E-state index contributed by atoms with van der Waals surface area (Å²) < 4.78 is 21.8. The highest BCUT2D eigenvalue weighted by Gasteiger charge is 2.36. The van der Waals surface area contributed by atoms with E-state index in [0.29, 0.717) is 0 Å². The number of rotatable bonds is 2. The monoisotopic (exact) mass is 219 g/mol. The van der Waals surface area contributed by atoms with Crippen molar-refractivity contribution in [3.05, 3.63) is 0 Å². The zero-order chi connectivity index (χ0) is 10.2. The predicted molar refractivity (Wildman–Crippen MR) is 53.8 cm³/mol. The third-order valence-electron chi connectivity index (χ3n) is 3.09. The Morgan fingerprint density at radius 3 is 2.36 bits per heavy atom. The Morgan fingerprint density at radius 1 is 1.14 bits per heavy atom. The van der Waals surface area contributed by atoms with E-state index < -0.39 is 9.84 Å². The summed E-state index contributed by atoms with van der Waals surface area (Å²) >= 11 is 0. The van der Waals surface area contributed by atoms with Crippen molar-refractivity contribution in [3.63, 3.8) is 0 Å². The average molecular weight is 219 g/mol. The molecule has 2 rings (SSSR count). The molecule has 0 amide bonds. The van der Waals surface area contributed by atoms with Crippen molar-refractivity contribution in [2.75, 3.05) is 11.5 Å². The summed E-state index contributed by atoms with van der Waals surface area (Å²) in [5.41, 5.74) is 0. The van der Waals surface area contributed by atoms with Gasteiger partial charge in [0.2, 0.25) is 0 Å². The molecule has 1 aliphatic carbocycles. The first-order valence-electron chi connectivity index (χ1n) is 5.21. The first kappa shape index (κ1) is 10.4.